The fourth-order valence-electron chi connectivity index (χ4n) is 2.30. The van der Waals surface area contributed by atoms with E-state index in [-0.39, 0.29) is 17.9 Å². The van der Waals surface area contributed by atoms with Crippen LogP contribution in [0, 0.1) is 5.92 Å². The Hall–Kier alpha value is -2.17. The number of carbonyl (C=O) groups is 1. The topological polar surface area (TPSA) is 64.3 Å². The Bertz CT molecular complexity index is 587. The zero-order valence-corrected chi connectivity index (χ0v) is 13.4. The Morgan fingerprint density at radius 1 is 1.09 bits per heavy atom. The smallest absolute Gasteiger partial charge is 0.224 e. The number of nitrogens with one attached hydrogen (secondary N) is 1. The number of ether oxygens (including phenoxy) is 1. The van der Waals surface area contributed by atoms with E-state index in [1.807, 2.05) is 67.6 Å². The molecule has 0 aliphatic carbocycles. The van der Waals surface area contributed by atoms with Gasteiger partial charge in [-0.05, 0) is 11.1 Å². The molecule has 0 aromatic heterocycles. The van der Waals surface area contributed by atoms with Crippen molar-refractivity contribution >= 4 is 5.91 Å². The molecule has 1 amide bonds. The van der Waals surface area contributed by atoms with Crippen LogP contribution in [0.5, 0.6) is 0 Å². The van der Waals surface area contributed by atoms with Gasteiger partial charge in [0.05, 0.1) is 19.1 Å². The lowest BCUT2D eigenvalue weighted by Crippen LogP contribution is -2.37. The average molecular weight is 312 g/mol. The summed E-state index contributed by atoms with van der Waals surface area (Å²) in [5.41, 5.74) is 8.25. The fraction of sp³-hybridized carbons (Fsp3) is 0.316. The lowest BCUT2D eigenvalue weighted by atomic mass is 9.95. The molecule has 0 radical (unpaired) electrons. The van der Waals surface area contributed by atoms with Crippen LogP contribution in [0.2, 0.25) is 0 Å². The Kier molecular flexibility index (Phi) is 6.78. The van der Waals surface area contributed by atoms with E-state index in [4.69, 9.17) is 10.5 Å². The van der Waals surface area contributed by atoms with Gasteiger partial charge in [-0.3, -0.25) is 4.79 Å². The minimum atomic E-state index is -0.304. The fourth-order valence-corrected chi connectivity index (χ4v) is 2.30. The molecule has 0 spiro atoms. The maximum atomic E-state index is 12.1. The van der Waals surface area contributed by atoms with E-state index in [2.05, 4.69) is 5.32 Å². The van der Waals surface area contributed by atoms with Gasteiger partial charge in [0.25, 0.3) is 0 Å². The summed E-state index contributed by atoms with van der Waals surface area (Å²) in [4.78, 5) is 12.1. The summed E-state index contributed by atoms with van der Waals surface area (Å²) >= 11 is 0. The van der Waals surface area contributed by atoms with Crippen LogP contribution in [-0.4, -0.2) is 19.1 Å². The second-order valence-corrected chi connectivity index (χ2v) is 5.55. The van der Waals surface area contributed by atoms with E-state index in [0.717, 1.165) is 11.1 Å². The normalized spacial score (nSPS) is 13.3. The van der Waals surface area contributed by atoms with Crippen LogP contribution in [0.4, 0.5) is 0 Å². The van der Waals surface area contributed by atoms with Gasteiger partial charge < -0.3 is 15.8 Å². The van der Waals surface area contributed by atoms with Crippen LogP contribution in [0.25, 0.3) is 0 Å². The average Bonchev–Trinajstić information content (AvgIpc) is 2.61. The van der Waals surface area contributed by atoms with Gasteiger partial charge in [0.15, 0.2) is 0 Å². The summed E-state index contributed by atoms with van der Waals surface area (Å²) in [7, 11) is 0. The molecule has 2 aromatic rings. The zero-order valence-electron chi connectivity index (χ0n) is 13.4. The van der Waals surface area contributed by atoms with Crippen molar-refractivity contribution in [2.24, 2.45) is 11.7 Å². The van der Waals surface area contributed by atoms with Crippen LogP contribution >= 0.6 is 0 Å². The maximum Gasteiger partial charge on any atom is 0.224 e. The number of nitrogens with two attached hydrogens (primary N) is 1. The van der Waals surface area contributed by atoms with Crippen LogP contribution in [-0.2, 0) is 16.1 Å². The quantitative estimate of drug-likeness (QED) is 0.737. The van der Waals surface area contributed by atoms with Crippen LogP contribution in [0.15, 0.2) is 60.7 Å². The monoisotopic (exact) mass is 312 g/mol. The van der Waals surface area contributed by atoms with E-state index < -0.39 is 0 Å². The van der Waals surface area contributed by atoms with Gasteiger partial charge in [-0.2, -0.15) is 0 Å². The van der Waals surface area contributed by atoms with Crippen molar-refractivity contribution in [2.45, 2.75) is 19.6 Å². The molecule has 0 saturated heterocycles. The summed E-state index contributed by atoms with van der Waals surface area (Å²) in [6, 6.07) is 19.3. The SMILES string of the molecule is CC(C(=O)NCCOCc1ccccc1)C(N)c1ccccc1. The van der Waals surface area contributed by atoms with Crippen molar-refractivity contribution in [1.82, 2.24) is 5.32 Å². The van der Waals surface area contributed by atoms with Gasteiger partial charge in [-0.25, -0.2) is 0 Å². The molecule has 3 N–H and O–H groups in total. The Balaban J connectivity index is 1.68. The molecule has 2 atom stereocenters. The lowest BCUT2D eigenvalue weighted by molar-refractivity contribution is -0.125. The minimum Gasteiger partial charge on any atom is -0.375 e. The molecule has 4 nitrogen and oxygen atoms in total. The van der Waals surface area contributed by atoms with Crippen molar-refractivity contribution in [1.29, 1.82) is 0 Å². The maximum absolute atomic E-state index is 12.1. The number of hydrogen-bond acceptors (Lipinski definition) is 3. The molecule has 0 saturated carbocycles. The highest BCUT2D eigenvalue weighted by Gasteiger charge is 2.21. The summed E-state index contributed by atoms with van der Waals surface area (Å²) in [5.74, 6) is -0.337. The molecule has 0 aliphatic rings. The Morgan fingerprint density at radius 3 is 2.35 bits per heavy atom. The third-order valence-electron chi connectivity index (χ3n) is 3.79. The molecule has 2 unspecified atom stereocenters. The summed E-state index contributed by atoms with van der Waals surface area (Å²) < 4.78 is 5.55. The summed E-state index contributed by atoms with van der Waals surface area (Å²) in [6.07, 6.45) is 0. The largest absolute Gasteiger partial charge is 0.375 e. The Morgan fingerprint density at radius 2 is 1.70 bits per heavy atom. The highest BCUT2D eigenvalue weighted by Crippen LogP contribution is 2.18. The summed E-state index contributed by atoms with van der Waals surface area (Å²) in [5, 5.41) is 2.88. The van der Waals surface area contributed by atoms with Crippen LogP contribution < -0.4 is 11.1 Å². The van der Waals surface area contributed by atoms with Crippen LogP contribution in [0.1, 0.15) is 24.1 Å². The van der Waals surface area contributed by atoms with E-state index in [9.17, 15) is 4.79 Å². The summed E-state index contributed by atoms with van der Waals surface area (Å²) in [6.45, 7) is 3.36. The number of rotatable bonds is 8. The van der Waals surface area contributed by atoms with E-state index in [1.165, 1.54) is 0 Å². The standard InChI is InChI=1S/C19H24N2O2/c1-15(18(20)17-10-6-3-7-11-17)19(22)21-12-13-23-14-16-8-4-2-5-9-16/h2-11,15,18H,12-14,20H2,1H3,(H,21,22). The highest BCUT2D eigenvalue weighted by molar-refractivity contribution is 5.79. The van der Waals surface area contributed by atoms with Crippen molar-refractivity contribution in [3.05, 3.63) is 71.8 Å². The molecule has 0 aliphatic heterocycles. The molecule has 0 bridgehead atoms. The highest BCUT2D eigenvalue weighted by atomic mass is 16.5. The van der Waals surface area contributed by atoms with Crippen molar-refractivity contribution in [3.63, 3.8) is 0 Å². The second kappa shape index (κ2) is 9.08. The second-order valence-electron chi connectivity index (χ2n) is 5.55. The zero-order chi connectivity index (χ0) is 16.5. The van der Waals surface area contributed by atoms with E-state index in [1.54, 1.807) is 0 Å². The number of carbonyl (C=O) groups excluding carboxylic acids is 1. The first-order valence-corrected chi connectivity index (χ1v) is 7.88. The van der Waals surface area contributed by atoms with Crippen LogP contribution in [0.3, 0.4) is 0 Å². The molecule has 0 heterocycles. The van der Waals surface area contributed by atoms with Gasteiger partial charge in [0.2, 0.25) is 5.91 Å². The number of hydrogen-bond donors (Lipinski definition) is 2. The van der Waals surface area contributed by atoms with Crippen molar-refractivity contribution in [3.8, 4) is 0 Å². The van der Waals surface area contributed by atoms with Gasteiger partial charge in [-0.15, -0.1) is 0 Å². The molecule has 0 fully saturated rings. The van der Waals surface area contributed by atoms with E-state index in [0.29, 0.717) is 19.8 Å². The van der Waals surface area contributed by atoms with E-state index >= 15 is 0 Å². The van der Waals surface area contributed by atoms with Gasteiger partial charge >= 0.3 is 0 Å². The van der Waals surface area contributed by atoms with Gasteiger partial charge in [0, 0.05) is 12.6 Å². The van der Waals surface area contributed by atoms with Crippen molar-refractivity contribution < 1.29 is 9.53 Å². The Labute approximate surface area is 137 Å². The van der Waals surface area contributed by atoms with Crippen molar-refractivity contribution in [2.75, 3.05) is 13.2 Å². The third-order valence-corrected chi connectivity index (χ3v) is 3.79. The molecular weight excluding hydrogens is 288 g/mol. The minimum absolute atomic E-state index is 0.0512. The molecule has 2 rings (SSSR count). The predicted molar refractivity (Wildman–Crippen MR) is 91.6 cm³/mol. The van der Waals surface area contributed by atoms with Gasteiger partial charge in [0.1, 0.15) is 0 Å². The first kappa shape index (κ1) is 17.2. The third kappa shape index (κ3) is 5.51. The molecule has 4 heteroatoms. The van der Waals surface area contributed by atoms with Gasteiger partial charge in [-0.1, -0.05) is 67.6 Å². The molecule has 23 heavy (non-hydrogen) atoms. The molecular formula is C19H24N2O2. The number of amides is 1. The first-order valence-electron chi connectivity index (χ1n) is 7.88. The predicted octanol–water partition coefficient (Wildman–Crippen LogP) is 2.66. The number of benzene rings is 2. The first-order chi connectivity index (χ1) is 11.2. The lowest BCUT2D eigenvalue weighted by Gasteiger charge is -2.19. The molecule has 2 aromatic carbocycles. The molecule has 122 valence electrons.